The molecule has 0 atom stereocenters. The number of aldehydes is 1. The van der Waals surface area contributed by atoms with Crippen molar-refractivity contribution in [3.63, 3.8) is 0 Å². The molecule has 1 heteroatoms. The number of carbonyl (C=O) groups is 1. The highest BCUT2D eigenvalue weighted by Gasteiger charge is 1.58. The lowest BCUT2D eigenvalue weighted by Gasteiger charge is -1.64. The second-order valence-electron chi connectivity index (χ2n) is 1.27. The predicted molar refractivity (Wildman–Crippen MR) is 37.8 cm³/mol. The van der Waals surface area contributed by atoms with Crippen molar-refractivity contribution in [1.29, 1.82) is 0 Å². The molecule has 0 amide bonds. The van der Waals surface area contributed by atoms with E-state index in [4.69, 9.17) is 0 Å². The van der Waals surface area contributed by atoms with Gasteiger partial charge < -0.3 is 0 Å². The van der Waals surface area contributed by atoms with Crippen molar-refractivity contribution in [2.75, 3.05) is 0 Å². The van der Waals surface area contributed by atoms with Crippen molar-refractivity contribution in [3.8, 4) is 11.8 Å². The van der Waals surface area contributed by atoms with Gasteiger partial charge in [-0.3, -0.25) is 4.79 Å². The van der Waals surface area contributed by atoms with Gasteiger partial charge >= 0.3 is 0 Å². The fourth-order valence-corrected chi connectivity index (χ4v) is 0.297. The van der Waals surface area contributed by atoms with Crippen LogP contribution in [0.3, 0.4) is 0 Å². The molecule has 0 aromatic heterocycles. The molecule has 0 aliphatic heterocycles. The number of hydrogen-bond donors (Lipinski definition) is 0. The third-order valence-electron chi connectivity index (χ3n) is 0.625. The predicted octanol–water partition coefficient (Wildman–Crippen LogP) is 1.32. The molecule has 0 aromatic carbocycles. The Morgan fingerprint density at radius 1 is 1.22 bits per heavy atom. The molecule has 46 valence electrons. The minimum Gasteiger partial charge on any atom is -0.299 e. The van der Waals surface area contributed by atoms with Crippen LogP contribution in [0.2, 0.25) is 0 Å². The molecule has 0 aliphatic rings. The van der Waals surface area contributed by atoms with Gasteiger partial charge in [0.1, 0.15) is 6.29 Å². The summed E-state index contributed by atoms with van der Waals surface area (Å²) in [5.41, 5.74) is 0. The van der Waals surface area contributed by atoms with Crippen LogP contribution < -0.4 is 0 Å². The molecule has 0 heterocycles. The number of allylic oxidation sites excluding steroid dienone is 4. The van der Waals surface area contributed by atoms with Crippen LogP contribution in [0.5, 0.6) is 0 Å². The molecule has 0 spiro atoms. The van der Waals surface area contributed by atoms with Gasteiger partial charge in [0.15, 0.2) is 0 Å². The third-order valence-corrected chi connectivity index (χ3v) is 0.625. The highest BCUT2D eigenvalue weighted by molar-refractivity contribution is 5.65. The van der Waals surface area contributed by atoms with E-state index in [1.54, 1.807) is 25.2 Å². The first-order chi connectivity index (χ1) is 4.41. The van der Waals surface area contributed by atoms with Crippen LogP contribution in [-0.2, 0) is 4.79 Å². The molecule has 0 fully saturated rings. The highest BCUT2D eigenvalue weighted by atomic mass is 16.1. The van der Waals surface area contributed by atoms with Crippen molar-refractivity contribution < 1.29 is 4.79 Å². The molecule has 0 saturated carbocycles. The average molecular weight is 120 g/mol. The van der Waals surface area contributed by atoms with E-state index in [9.17, 15) is 4.79 Å². The Morgan fingerprint density at radius 2 is 2.00 bits per heavy atom. The monoisotopic (exact) mass is 120 g/mol. The first kappa shape index (κ1) is 7.71. The van der Waals surface area contributed by atoms with Crippen LogP contribution in [-0.4, -0.2) is 6.29 Å². The van der Waals surface area contributed by atoms with E-state index in [0.29, 0.717) is 0 Å². The minimum atomic E-state index is 0.726. The Bertz CT molecular complexity index is 176. The molecule has 0 aliphatic carbocycles. The van der Waals surface area contributed by atoms with Gasteiger partial charge in [0.2, 0.25) is 0 Å². The Hall–Kier alpha value is -1.29. The number of rotatable bonds is 2. The Labute approximate surface area is 55.1 Å². The zero-order valence-electron chi connectivity index (χ0n) is 5.29. The van der Waals surface area contributed by atoms with E-state index in [2.05, 4.69) is 11.8 Å². The molecule has 9 heavy (non-hydrogen) atoms. The summed E-state index contributed by atoms with van der Waals surface area (Å²) in [5.74, 6) is 5.39. The molecule has 0 radical (unpaired) electrons. The van der Waals surface area contributed by atoms with Gasteiger partial charge in [-0.2, -0.15) is 0 Å². The fraction of sp³-hybridized carbons (Fsp3) is 0.125. The quantitative estimate of drug-likeness (QED) is 0.232. The van der Waals surface area contributed by atoms with Crippen LogP contribution in [0.1, 0.15) is 6.92 Å². The van der Waals surface area contributed by atoms with Crippen LogP contribution in [0.15, 0.2) is 24.3 Å². The summed E-state index contributed by atoms with van der Waals surface area (Å²) < 4.78 is 0. The van der Waals surface area contributed by atoms with Crippen LogP contribution in [0, 0.1) is 11.8 Å². The largest absolute Gasteiger partial charge is 0.299 e. The third kappa shape index (κ3) is 6.71. The SMILES string of the molecule is CC#C/C=C/C=C/C=O. The molecule has 0 unspecified atom stereocenters. The molecule has 1 nitrogen and oxygen atoms in total. The molecule has 0 saturated heterocycles. The summed E-state index contributed by atoms with van der Waals surface area (Å²) in [7, 11) is 0. The summed E-state index contributed by atoms with van der Waals surface area (Å²) in [6.45, 7) is 1.76. The normalized spacial score (nSPS) is 9.44. The maximum Gasteiger partial charge on any atom is 0.142 e. The molecule has 0 aromatic rings. The van der Waals surface area contributed by atoms with Crippen LogP contribution in [0.4, 0.5) is 0 Å². The minimum absolute atomic E-state index is 0.726. The summed E-state index contributed by atoms with van der Waals surface area (Å²) in [6, 6.07) is 0. The lowest BCUT2D eigenvalue weighted by molar-refractivity contribution is -0.104. The Morgan fingerprint density at radius 3 is 2.56 bits per heavy atom. The standard InChI is InChI=1S/C8H8O/c1-2-3-4-5-6-7-8-9/h4-8H,1H3/b5-4+,7-6+. The van der Waals surface area contributed by atoms with Gasteiger partial charge in [0, 0.05) is 0 Å². The lowest BCUT2D eigenvalue weighted by atomic mass is 10.4. The molecule has 0 rings (SSSR count). The fourth-order valence-electron chi connectivity index (χ4n) is 0.297. The van der Waals surface area contributed by atoms with Gasteiger partial charge in [-0.15, -0.1) is 5.92 Å². The van der Waals surface area contributed by atoms with Crippen molar-refractivity contribution in [1.82, 2.24) is 0 Å². The van der Waals surface area contributed by atoms with Crippen molar-refractivity contribution >= 4 is 6.29 Å². The summed E-state index contributed by atoms with van der Waals surface area (Å²) in [5, 5.41) is 0. The maximum atomic E-state index is 9.68. The molecular weight excluding hydrogens is 112 g/mol. The van der Waals surface area contributed by atoms with Crippen molar-refractivity contribution in [3.05, 3.63) is 24.3 Å². The maximum absolute atomic E-state index is 9.68. The Balaban J connectivity index is 3.55. The zero-order chi connectivity index (χ0) is 6.95. The van der Waals surface area contributed by atoms with Gasteiger partial charge in [-0.25, -0.2) is 0 Å². The zero-order valence-corrected chi connectivity index (χ0v) is 5.29. The second kappa shape index (κ2) is 6.71. The van der Waals surface area contributed by atoms with E-state index in [1.807, 2.05) is 0 Å². The first-order valence-electron chi connectivity index (χ1n) is 2.61. The van der Waals surface area contributed by atoms with E-state index >= 15 is 0 Å². The second-order valence-corrected chi connectivity index (χ2v) is 1.27. The average Bonchev–Trinajstić information content (AvgIpc) is 1.89. The van der Waals surface area contributed by atoms with Gasteiger partial charge in [-0.05, 0) is 19.1 Å². The van der Waals surface area contributed by atoms with Crippen molar-refractivity contribution in [2.24, 2.45) is 0 Å². The highest BCUT2D eigenvalue weighted by Crippen LogP contribution is 1.71. The van der Waals surface area contributed by atoms with E-state index < -0.39 is 0 Å². The Kier molecular flexibility index (Phi) is 5.75. The van der Waals surface area contributed by atoms with Crippen LogP contribution in [0.25, 0.3) is 0 Å². The van der Waals surface area contributed by atoms with Gasteiger partial charge in [0.05, 0.1) is 0 Å². The summed E-state index contributed by atoms with van der Waals surface area (Å²) in [6.07, 6.45) is 7.17. The summed E-state index contributed by atoms with van der Waals surface area (Å²) >= 11 is 0. The van der Waals surface area contributed by atoms with E-state index in [0.717, 1.165) is 6.29 Å². The van der Waals surface area contributed by atoms with Gasteiger partial charge in [-0.1, -0.05) is 18.1 Å². The van der Waals surface area contributed by atoms with Crippen molar-refractivity contribution in [2.45, 2.75) is 6.92 Å². The molecule has 0 bridgehead atoms. The summed E-state index contributed by atoms with van der Waals surface area (Å²) in [4.78, 5) is 9.68. The topological polar surface area (TPSA) is 17.1 Å². The number of hydrogen-bond acceptors (Lipinski definition) is 1. The first-order valence-corrected chi connectivity index (χ1v) is 2.61. The van der Waals surface area contributed by atoms with E-state index in [1.165, 1.54) is 6.08 Å². The molecular formula is C8H8O. The molecule has 0 N–H and O–H groups in total. The number of carbonyl (C=O) groups excluding carboxylic acids is 1. The lowest BCUT2D eigenvalue weighted by Crippen LogP contribution is -1.55. The smallest absolute Gasteiger partial charge is 0.142 e. The van der Waals surface area contributed by atoms with Crippen LogP contribution >= 0.6 is 0 Å². The van der Waals surface area contributed by atoms with Gasteiger partial charge in [0.25, 0.3) is 0 Å². The van der Waals surface area contributed by atoms with E-state index in [-0.39, 0.29) is 0 Å².